The summed E-state index contributed by atoms with van der Waals surface area (Å²) in [5.74, 6) is 0.629. The highest BCUT2D eigenvalue weighted by Crippen LogP contribution is 2.17. The van der Waals surface area contributed by atoms with Gasteiger partial charge in [-0.05, 0) is 12.5 Å². The van der Waals surface area contributed by atoms with Crippen molar-refractivity contribution in [2.45, 2.75) is 13.0 Å². The Morgan fingerprint density at radius 2 is 2.05 bits per heavy atom. The number of nitrogens with zero attached hydrogens (tertiary/aromatic N) is 3. The Bertz CT molecular complexity index is 563. The average molecular weight is 268 g/mol. The van der Waals surface area contributed by atoms with Gasteiger partial charge in [0, 0.05) is 13.2 Å². The molecule has 1 aromatic carbocycles. The van der Waals surface area contributed by atoms with Gasteiger partial charge in [0.2, 0.25) is 0 Å². The molecular weight excluding hydrogens is 252 g/mol. The van der Waals surface area contributed by atoms with Crippen molar-refractivity contribution in [3.05, 3.63) is 54.0 Å². The third kappa shape index (κ3) is 3.77. The normalized spacial score (nSPS) is 11.6. The summed E-state index contributed by atoms with van der Waals surface area (Å²) in [5, 5.41) is 11.8. The van der Waals surface area contributed by atoms with E-state index in [1.807, 2.05) is 43.3 Å². The summed E-state index contributed by atoms with van der Waals surface area (Å²) >= 11 is 0. The minimum atomic E-state index is -0.0429. The van der Waals surface area contributed by atoms with Gasteiger partial charge in [-0.3, -0.25) is 0 Å². The lowest BCUT2D eigenvalue weighted by Gasteiger charge is -2.18. The van der Waals surface area contributed by atoms with Crippen molar-refractivity contribution in [3.8, 4) is 6.07 Å². The first-order chi connectivity index (χ1) is 9.83. The van der Waals surface area contributed by atoms with Crippen molar-refractivity contribution in [1.29, 1.82) is 5.26 Å². The van der Waals surface area contributed by atoms with Crippen LogP contribution in [0.3, 0.4) is 0 Å². The van der Waals surface area contributed by atoms with E-state index in [4.69, 9.17) is 10.00 Å². The molecule has 20 heavy (non-hydrogen) atoms. The Morgan fingerprint density at radius 1 is 1.25 bits per heavy atom. The van der Waals surface area contributed by atoms with E-state index in [2.05, 4.69) is 15.3 Å². The molecule has 0 saturated heterocycles. The zero-order valence-electron chi connectivity index (χ0n) is 11.3. The highest BCUT2D eigenvalue weighted by atomic mass is 16.5. The van der Waals surface area contributed by atoms with Crippen LogP contribution in [-0.2, 0) is 4.74 Å². The maximum Gasteiger partial charge on any atom is 0.158 e. The van der Waals surface area contributed by atoms with Gasteiger partial charge in [-0.25, -0.2) is 9.97 Å². The van der Waals surface area contributed by atoms with Crippen LogP contribution in [0.2, 0.25) is 0 Å². The highest BCUT2D eigenvalue weighted by molar-refractivity contribution is 5.34. The zero-order chi connectivity index (χ0) is 14.2. The van der Waals surface area contributed by atoms with E-state index in [-0.39, 0.29) is 6.10 Å². The molecule has 1 heterocycles. The topological polar surface area (TPSA) is 70.8 Å². The van der Waals surface area contributed by atoms with Gasteiger partial charge in [0.1, 0.15) is 11.9 Å². The predicted octanol–water partition coefficient (Wildman–Crippen LogP) is 2.54. The van der Waals surface area contributed by atoms with Gasteiger partial charge in [-0.1, -0.05) is 30.3 Å². The number of benzene rings is 1. The molecule has 0 spiro atoms. The molecule has 1 atom stereocenters. The van der Waals surface area contributed by atoms with Crippen molar-refractivity contribution in [2.75, 3.05) is 18.5 Å². The summed E-state index contributed by atoms with van der Waals surface area (Å²) in [6.07, 6.45) is 2.95. The third-order valence-corrected chi connectivity index (χ3v) is 2.77. The second-order valence-corrected chi connectivity index (χ2v) is 4.13. The number of hydrogen-bond acceptors (Lipinski definition) is 5. The van der Waals surface area contributed by atoms with Crippen LogP contribution in [0.1, 0.15) is 24.3 Å². The van der Waals surface area contributed by atoms with Crippen LogP contribution in [0.25, 0.3) is 0 Å². The molecule has 0 aliphatic carbocycles. The van der Waals surface area contributed by atoms with Gasteiger partial charge < -0.3 is 10.1 Å². The molecule has 102 valence electrons. The Kier molecular flexibility index (Phi) is 5.04. The molecule has 1 aromatic heterocycles. The molecule has 0 aliphatic heterocycles. The molecule has 1 unspecified atom stereocenters. The van der Waals surface area contributed by atoms with Gasteiger partial charge in [0.15, 0.2) is 5.69 Å². The van der Waals surface area contributed by atoms with Gasteiger partial charge in [0.25, 0.3) is 0 Å². The SMILES string of the molecule is CCOC(CNc1cnc(C#N)cn1)c1ccccc1. The Labute approximate surface area is 118 Å². The van der Waals surface area contributed by atoms with E-state index in [1.54, 1.807) is 6.20 Å². The van der Waals surface area contributed by atoms with Crippen molar-refractivity contribution in [2.24, 2.45) is 0 Å². The minimum absolute atomic E-state index is 0.0429. The van der Waals surface area contributed by atoms with E-state index in [0.29, 0.717) is 24.7 Å². The fraction of sp³-hybridized carbons (Fsp3) is 0.267. The number of aromatic nitrogens is 2. The van der Waals surface area contributed by atoms with E-state index in [0.717, 1.165) is 5.56 Å². The van der Waals surface area contributed by atoms with E-state index >= 15 is 0 Å². The molecule has 5 heteroatoms. The molecule has 1 N–H and O–H groups in total. The first-order valence-electron chi connectivity index (χ1n) is 6.46. The summed E-state index contributed by atoms with van der Waals surface area (Å²) < 4.78 is 5.73. The predicted molar refractivity (Wildman–Crippen MR) is 76.0 cm³/mol. The summed E-state index contributed by atoms with van der Waals surface area (Å²) in [6, 6.07) is 12.0. The first-order valence-corrected chi connectivity index (χ1v) is 6.46. The van der Waals surface area contributed by atoms with Crippen molar-refractivity contribution >= 4 is 5.82 Å². The van der Waals surface area contributed by atoms with Gasteiger partial charge in [0.05, 0.1) is 18.5 Å². The van der Waals surface area contributed by atoms with Crippen LogP contribution in [0.5, 0.6) is 0 Å². The summed E-state index contributed by atoms with van der Waals surface area (Å²) in [6.45, 7) is 3.20. The smallest absolute Gasteiger partial charge is 0.158 e. The lowest BCUT2D eigenvalue weighted by Crippen LogP contribution is -2.16. The zero-order valence-corrected chi connectivity index (χ0v) is 11.3. The molecular formula is C15H16N4O. The lowest BCUT2D eigenvalue weighted by atomic mass is 10.1. The standard InChI is InChI=1S/C15H16N4O/c1-2-20-14(12-6-4-3-5-7-12)10-19-15-11-17-13(8-16)9-18-15/h3-7,9,11,14H,2,10H2,1H3,(H,18,19). The number of nitrogens with one attached hydrogen (secondary N) is 1. The number of nitriles is 1. The molecule has 0 fully saturated rings. The Balaban J connectivity index is 2.00. The number of rotatable bonds is 6. The summed E-state index contributed by atoms with van der Waals surface area (Å²) in [5.41, 5.74) is 1.42. The number of ether oxygens (including phenoxy) is 1. The van der Waals surface area contributed by atoms with Gasteiger partial charge in [-0.15, -0.1) is 0 Å². The molecule has 0 aliphatic rings. The minimum Gasteiger partial charge on any atom is -0.372 e. The van der Waals surface area contributed by atoms with E-state index in [1.165, 1.54) is 6.20 Å². The van der Waals surface area contributed by atoms with Crippen LogP contribution in [0.4, 0.5) is 5.82 Å². The molecule has 2 rings (SSSR count). The second kappa shape index (κ2) is 7.22. The second-order valence-electron chi connectivity index (χ2n) is 4.13. The molecule has 5 nitrogen and oxygen atoms in total. The molecule has 2 aromatic rings. The largest absolute Gasteiger partial charge is 0.372 e. The molecule has 0 amide bonds. The van der Waals surface area contributed by atoms with Crippen LogP contribution < -0.4 is 5.32 Å². The summed E-state index contributed by atoms with van der Waals surface area (Å²) in [4.78, 5) is 8.09. The molecule has 0 bridgehead atoms. The lowest BCUT2D eigenvalue weighted by molar-refractivity contribution is 0.0718. The van der Waals surface area contributed by atoms with Gasteiger partial charge >= 0.3 is 0 Å². The summed E-state index contributed by atoms with van der Waals surface area (Å²) in [7, 11) is 0. The van der Waals surface area contributed by atoms with Crippen molar-refractivity contribution < 1.29 is 4.74 Å². The van der Waals surface area contributed by atoms with Crippen LogP contribution in [-0.4, -0.2) is 23.1 Å². The fourth-order valence-corrected chi connectivity index (χ4v) is 1.82. The van der Waals surface area contributed by atoms with Crippen LogP contribution >= 0.6 is 0 Å². The fourth-order valence-electron chi connectivity index (χ4n) is 1.82. The Morgan fingerprint density at radius 3 is 2.65 bits per heavy atom. The number of anilines is 1. The quantitative estimate of drug-likeness (QED) is 0.871. The van der Waals surface area contributed by atoms with E-state index < -0.39 is 0 Å². The molecule has 0 radical (unpaired) electrons. The monoisotopic (exact) mass is 268 g/mol. The maximum atomic E-state index is 8.67. The first kappa shape index (κ1) is 14.0. The van der Waals surface area contributed by atoms with Gasteiger partial charge in [-0.2, -0.15) is 5.26 Å². The highest BCUT2D eigenvalue weighted by Gasteiger charge is 2.11. The van der Waals surface area contributed by atoms with E-state index in [9.17, 15) is 0 Å². The third-order valence-electron chi connectivity index (χ3n) is 2.77. The number of hydrogen-bond donors (Lipinski definition) is 1. The Hall–Kier alpha value is -2.45. The average Bonchev–Trinajstić information content (AvgIpc) is 2.53. The maximum absolute atomic E-state index is 8.67. The molecule has 0 saturated carbocycles. The van der Waals surface area contributed by atoms with Crippen LogP contribution in [0.15, 0.2) is 42.7 Å². The van der Waals surface area contributed by atoms with Crippen molar-refractivity contribution in [1.82, 2.24) is 9.97 Å². The van der Waals surface area contributed by atoms with Crippen LogP contribution in [0, 0.1) is 11.3 Å². The van der Waals surface area contributed by atoms with Crippen molar-refractivity contribution in [3.63, 3.8) is 0 Å².